The standard InChI is InChI=1S/C17H16N2O5/c1-11-3-8-15(16(9-11)19(22)23)18-10-13-4-6-14(7-5-13)24-12(2)17(20)21/h3-10,12H,1-2H3,(H,20,21)/t12-/m0/s1. The van der Waals surface area contributed by atoms with Gasteiger partial charge in [0.05, 0.1) is 4.92 Å². The summed E-state index contributed by atoms with van der Waals surface area (Å²) in [4.78, 5) is 25.5. The van der Waals surface area contributed by atoms with Gasteiger partial charge in [-0.1, -0.05) is 6.07 Å². The minimum Gasteiger partial charge on any atom is -0.479 e. The molecule has 0 aliphatic heterocycles. The molecule has 0 radical (unpaired) electrons. The van der Waals surface area contributed by atoms with E-state index in [0.717, 1.165) is 5.56 Å². The first-order chi connectivity index (χ1) is 11.4. The normalized spacial score (nSPS) is 12.1. The second kappa shape index (κ2) is 7.36. The largest absolute Gasteiger partial charge is 0.479 e. The molecule has 0 unspecified atom stereocenters. The second-order valence-corrected chi connectivity index (χ2v) is 5.17. The predicted octanol–water partition coefficient (Wildman–Crippen LogP) is 3.51. The zero-order valence-corrected chi connectivity index (χ0v) is 13.2. The van der Waals surface area contributed by atoms with Crippen molar-refractivity contribution in [2.45, 2.75) is 20.0 Å². The van der Waals surface area contributed by atoms with Gasteiger partial charge in [-0.3, -0.25) is 10.1 Å². The second-order valence-electron chi connectivity index (χ2n) is 5.17. The van der Waals surface area contributed by atoms with Crippen molar-refractivity contribution in [1.29, 1.82) is 0 Å². The molecule has 124 valence electrons. The Morgan fingerprint density at radius 1 is 1.29 bits per heavy atom. The van der Waals surface area contributed by atoms with Crippen LogP contribution < -0.4 is 4.74 Å². The summed E-state index contributed by atoms with van der Waals surface area (Å²) >= 11 is 0. The van der Waals surface area contributed by atoms with Gasteiger partial charge in [-0.05, 0) is 55.3 Å². The van der Waals surface area contributed by atoms with Gasteiger partial charge < -0.3 is 9.84 Å². The lowest BCUT2D eigenvalue weighted by Gasteiger charge is -2.09. The van der Waals surface area contributed by atoms with Gasteiger partial charge in [0.2, 0.25) is 0 Å². The number of rotatable bonds is 6. The molecule has 2 aromatic carbocycles. The van der Waals surface area contributed by atoms with Crippen LogP contribution in [0.1, 0.15) is 18.1 Å². The van der Waals surface area contributed by atoms with E-state index in [9.17, 15) is 14.9 Å². The van der Waals surface area contributed by atoms with Crippen LogP contribution in [0.2, 0.25) is 0 Å². The quantitative estimate of drug-likeness (QED) is 0.496. The maximum Gasteiger partial charge on any atom is 0.344 e. The van der Waals surface area contributed by atoms with E-state index in [1.54, 1.807) is 43.3 Å². The molecule has 2 rings (SSSR count). The highest BCUT2D eigenvalue weighted by Crippen LogP contribution is 2.28. The Bertz CT molecular complexity index is 784. The lowest BCUT2D eigenvalue weighted by atomic mass is 10.2. The van der Waals surface area contributed by atoms with Crippen molar-refractivity contribution >= 4 is 23.6 Å². The molecular formula is C17H16N2O5. The molecule has 0 spiro atoms. The van der Waals surface area contributed by atoms with Crippen LogP contribution >= 0.6 is 0 Å². The maximum atomic E-state index is 11.1. The molecule has 0 aliphatic rings. The molecule has 1 N–H and O–H groups in total. The van der Waals surface area contributed by atoms with Crippen molar-refractivity contribution in [2.24, 2.45) is 4.99 Å². The third kappa shape index (κ3) is 4.39. The summed E-state index contributed by atoms with van der Waals surface area (Å²) in [7, 11) is 0. The Morgan fingerprint density at radius 3 is 2.54 bits per heavy atom. The predicted molar refractivity (Wildman–Crippen MR) is 89.3 cm³/mol. The SMILES string of the molecule is Cc1ccc(N=Cc2ccc(O[C@@H](C)C(=O)O)cc2)c([N+](=O)[O-])c1. The molecule has 0 saturated heterocycles. The molecule has 1 atom stereocenters. The Hall–Kier alpha value is -3.22. The average Bonchev–Trinajstić information content (AvgIpc) is 2.54. The maximum absolute atomic E-state index is 11.1. The minimum absolute atomic E-state index is 0.0542. The van der Waals surface area contributed by atoms with Crippen molar-refractivity contribution in [3.8, 4) is 5.75 Å². The molecule has 0 aromatic heterocycles. The molecule has 0 heterocycles. The summed E-state index contributed by atoms with van der Waals surface area (Å²) in [5, 5.41) is 19.9. The van der Waals surface area contributed by atoms with E-state index in [1.165, 1.54) is 19.2 Å². The van der Waals surface area contributed by atoms with Crippen LogP contribution in [-0.4, -0.2) is 28.3 Å². The molecule has 7 heteroatoms. The van der Waals surface area contributed by atoms with Crippen molar-refractivity contribution in [3.63, 3.8) is 0 Å². The van der Waals surface area contributed by atoms with Crippen LogP contribution in [0.15, 0.2) is 47.5 Å². The number of carboxylic acid groups (broad SMARTS) is 1. The van der Waals surface area contributed by atoms with Crippen molar-refractivity contribution < 1.29 is 19.6 Å². The zero-order chi connectivity index (χ0) is 17.7. The average molecular weight is 328 g/mol. The number of carbonyl (C=O) groups is 1. The van der Waals surface area contributed by atoms with Gasteiger partial charge in [-0.15, -0.1) is 0 Å². The van der Waals surface area contributed by atoms with Gasteiger partial charge in [0.1, 0.15) is 11.4 Å². The van der Waals surface area contributed by atoms with Gasteiger partial charge in [0, 0.05) is 12.3 Å². The summed E-state index contributed by atoms with van der Waals surface area (Å²) in [6, 6.07) is 11.4. The summed E-state index contributed by atoms with van der Waals surface area (Å²) in [6.07, 6.45) is 0.557. The van der Waals surface area contributed by atoms with Crippen molar-refractivity contribution in [3.05, 3.63) is 63.7 Å². The Morgan fingerprint density at radius 2 is 1.96 bits per heavy atom. The van der Waals surface area contributed by atoms with Gasteiger partial charge in [-0.25, -0.2) is 9.79 Å². The molecular weight excluding hydrogens is 312 g/mol. The van der Waals surface area contributed by atoms with Crippen LogP contribution in [0.4, 0.5) is 11.4 Å². The first-order valence-electron chi connectivity index (χ1n) is 7.15. The first kappa shape index (κ1) is 17.1. The lowest BCUT2D eigenvalue weighted by Crippen LogP contribution is -2.22. The van der Waals surface area contributed by atoms with E-state index in [1.807, 2.05) is 0 Å². The van der Waals surface area contributed by atoms with E-state index in [4.69, 9.17) is 9.84 Å². The fourth-order valence-electron chi connectivity index (χ4n) is 1.92. The molecule has 0 aliphatic carbocycles. The van der Waals surface area contributed by atoms with E-state index in [2.05, 4.69) is 4.99 Å². The Balaban J connectivity index is 2.15. The van der Waals surface area contributed by atoms with Gasteiger partial charge in [-0.2, -0.15) is 0 Å². The smallest absolute Gasteiger partial charge is 0.344 e. The van der Waals surface area contributed by atoms with Crippen molar-refractivity contribution in [1.82, 2.24) is 0 Å². The number of nitrogens with zero attached hydrogens (tertiary/aromatic N) is 2. The van der Waals surface area contributed by atoms with Crippen LogP contribution in [0.25, 0.3) is 0 Å². The Labute approximate surface area is 138 Å². The number of nitro benzene ring substituents is 1. The molecule has 0 saturated carbocycles. The number of hydrogen-bond donors (Lipinski definition) is 1. The molecule has 2 aromatic rings. The van der Waals surface area contributed by atoms with Crippen LogP contribution in [0.5, 0.6) is 5.75 Å². The van der Waals surface area contributed by atoms with E-state index in [-0.39, 0.29) is 11.4 Å². The van der Waals surface area contributed by atoms with Crippen LogP contribution in [-0.2, 0) is 4.79 Å². The van der Waals surface area contributed by atoms with Gasteiger partial charge in [0.15, 0.2) is 6.10 Å². The zero-order valence-electron chi connectivity index (χ0n) is 13.2. The fourth-order valence-corrected chi connectivity index (χ4v) is 1.92. The number of carboxylic acids is 1. The van der Waals surface area contributed by atoms with Gasteiger partial charge >= 0.3 is 5.97 Å². The van der Waals surface area contributed by atoms with Gasteiger partial charge in [0.25, 0.3) is 5.69 Å². The molecule has 7 nitrogen and oxygen atoms in total. The third-order valence-corrected chi connectivity index (χ3v) is 3.22. The summed E-state index contributed by atoms with van der Waals surface area (Å²) in [5.41, 5.74) is 1.71. The summed E-state index contributed by atoms with van der Waals surface area (Å²) in [6.45, 7) is 3.21. The summed E-state index contributed by atoms with van der Waals surface area (Å²) < 4.78 is 5.22. The van der Waals surface area contributed by atoms with Crippen molar-refractivity contribution in [2.75, 3.05) is 0 Å². The number of nitro groups is 1. The number of aliphatic carboxylic acids is 1. The third-order valence-electron chi connectivity index (χ3n) is 3.22. The molecule has 0 fully saturated rings. The molecule has 24 heavy (non-hydrogen) atoms. The van der Waals surface area contributed by atoms with E-state index < -0.39 is 17.0 Å². The monoisotopic (exact) mass is 328 g/mol. The number of hydrogen-bond acceptors (Lipinski definition) is 5. The highest BCUT2D eigenvalue weighted by Gasteiger charge is 2.13. The van der Waals surface area contributed by atoms with E-state index in [0.29, 0.717) is 11.3 Å². The molecule has 0 amide bonds. The van der Waals surface area contributed by atoms with E-state index >= 15 is 0 Å². The topological polar surface area (TPSA) is 102 Å². The number of aliphatic imine (C=N–C) groups is 1. The van der Waals surface area contributed by atoms with Crippen LogP contribution in [0, 0.1) is 17.0 Å². The highest BCUT2D eigenvalue weighted by molar-refractivity contribution is 5.83. The number of benzene rings is 2. The minimum atomic E-state index is -1.05. The molecule has 0 bridgehead atoms. The number of ether oxygens (including phenoxy) is 1. The Kier molecular flexibility index (Phi) is 5.26. The lowest BCUT2D eigenvalue weighted by molar-refractivity contribution is -0.384. The number of aryl methyl sites for hydroxylation is 1. The fraction of sp³-hybridized carbons (Fsp3) is 0.176. The first-order valence-corrected chi connectivity index (χ1v) is 7.15. The summed E-state index contributed by atoms with van der Waals surface area (Å²) in [5.74, 6) is -0.629. The highest BCUT2D eigenvalue weighted by atomic mass is 16.6. The van der Waals surface area contributed by atoms with Crippen LogP contribution in [0.3, 0.4) is 0 Å².